The molecule has 74 valence electrons. The molecule has 1 aromatic carbocycles. The van der Waals surface area contributed by atoms with E-state index in [-0.39, 0.29) is 10.6 Å². The van der Waals surface area contributed by atoms with Crippen molar-refractivity contribution in [2.75, 3.05) is 5.75 Å². The summed E-state index contributed by atoms with van der Waals surface area (Å²) in [6.07, 6.45) is 3.50. The molecule has 0 unspecified atom stereocenters. The van der Waals surface area contributed by atoms with Gasteiger partial charge in [-0.05, 0) is 13.0 Å². The van der Waals surface area contributed by atoms with Crippen molar-refractivity contribution in [1.29, 1.82) is 0 Å². The number of benzene rings is 1. The van der Waals surface area contributed by atoms with E-state index in [1.165, 1.54) is 6.07 Å². The summed E-state index contributed by atoms with van der Waals surface area (Å²) >= 11 is 4.01. The van der Waals surface area contributed by atoms with Gasteiger partial charge in [-0.15, -0.1) is 0 Å². The van der Waals surface area contributed by atoms with E-state index in [0.29, 0.717) is 11.3 Å². The second-order valence-electron chi connectivity index (χ2n) is 2.90. The molecule has 0 fully saturated rings. The first-order valence-electron chi connectivity index (χ1n) is 4.17. The van der Waals surface area contributed by atoms with Crippen LogP contribution in [0.1, 0.15) is 11.1 Å². The third-order valence-electron chi connectivity index (χ3n) is 1.78. The van der Waals surface area contributed by atoms with E-state index in [9.17, 15) is 10.1 Å². The first-order valence-corrected chi connectivity index (χ1v) is 4.81. The zero-order chi connectivity index (χ0) is 10.6. The average molecular weight is 209 g/mol. The Morgan fingerprint density at radius 1 is 1.57 bits per heavy atom. The molecule has 0 aliphatic rings. The van der Waals surface area contributed by atoms with Crippen molar-refractivity contribution in [1.82, 2.24) is 0 Å². The second-order valence-corrected chi connectivity index (χ2v) is 3.27. The number of nitrogens with zero attached hydrogens (tertiary/aromatic N) is 1. The number of rotatable bonds is 3. The number of aryl methyl sites for hydroxylation is 1. The number of thiol groups is 1. The second kappa shape index (κ2) is 4.81. The van der Waals surface area contributed by atoms with Gasteiger partial charge in [0.1, 0.15) is 0 Å². The van der Waals surface area contributed by atoms with Gasteiger partial charge in [-0.25, -0.2) is 0 Å². The van der Waals surface area contributed by atoms with Crippen molar-refractivity contribution >= 4 is 24.4 Å². The highest BCUT2D eigenvalue weighted by Gasteiger charge is 2.10. The molecule has 0 saturated carbocycles. The fraction of sp³-hybridized carbons (Fsp3) is 0.200. The van der Waals surface area contributed by atoms with Crippen LogP contribution in [0.2, 0.25) is 0 Å². The quantitative estimate of drug-likeness (QED) is 0.472. The van der Waals surface area contributed by atoms with Gasteiger partial charge >= 0.3 is 0 Å². The van der Waals surface area contributed by atoms with Gasteiger partial charge in [0.25, 0.3) is 5.69 Å². The van der Waals surface area contributed by atoms with E-state index in [4.69, 9.17) is 0 Å². The molecule has 0 aliphatic heterocycles. The predicted octanol–water partition coefficient (Wildman–Crippen LogP) is 2.85. The summed E-state index contributed by atoms with van der Waals surface area (Å²) in [4.78, 5) is 10.3. The van der Waals surface area contributed by atoms with Crippen LogP contribution < -0.4 is 0 Å². The molecule has 0 atom stereocenters. The number of nitro benzene ring substituents is 1. The highest BCUT2D eigenvalue weighted by Crippen LogP contribution is 2.21. The van der Waals surface area contributed by atoms with Crippen molar-refractivity contribution in [3.05, 3.63) is 45.5 Å². The smallest absolute Gasteiger partial charge is 0.258 e. The molecule has 4 heteroatoms. The topological polar surface area (TPSA) is 43.1 Å². The molecule has 0 amide bonds. The van der Waals surface area contributed by atoms with Crippen LogP contribution in [-0.4, -0.2) is 10.7 Å². The largest absolute Gasteiger partial charge is 0.276 e. The maximum Gasteiger partial charge on any atom is 0.276 e. The molecule has 0 aromatic heterocycles. The van der Waals surface area contributed by atoms with Gasteiger partial charge in [0.15, 0.2) is 0 Å². The molecule has 0 bridgehead atoms. The molecular weight excluding hydrogens is 198 g/mol. The van der Waals surface area contributed by atoms with Gasteiger partial charge in [0, 0.05) is 11.8 Å². The van der Waals surface area contributed by atoms with Crippen molar-refractivity contribution in [2.24, 2.45) is 0 Å². The van der Waals surface area contributed by atoms with Gasteiger partial charge in [-0.1, -0.05) is 23.8 Å². The Morgan fingerprint density at radius 3 is 2.86 bits per heavy atom. The highest BCUT2D eigenvalue weighted by atomic mass is 32.1. The monoisotopic (exact) mass is 209 g/mol. The van der Waals surface area contributed by atoms with Crippen LogP contribution in [-0.2, 0) is 0 Å². The first-order chi connectivity index (χ1) is 6.65. The SMILES string of the molecule is Cc1ccc([N+](=O)[O-])c(C=CCS)c1. The lowest BCUT2D eigenvalue weighted by molar-refractivity contribution is -0.385. The van der Waals surface area contributed by atoms with Gasteiger partial charge in [0.2, 0.25) is 0 Å². The Morgan fingerprint density at radius 2 is 2.29 bits per heavy atom. The molecule has 0 radical (unpaired) electrons. The lowest BCUT2D eigenvalue weighted by atomic mass is 10.1. The van der Waals surface area contributed by atoms with Crippen LogP contribution >= 0.6 is 12.6 Å². The van der Waals surface area contributed by atoms with Crippen LogP contribution in [0.3, 0.4) is 0 Å². The van der Waals surface area contributed by atoms with E-state index in [1.54, 1.807) is 24.3 Å². The fourth-order valence-corrected chi connectivity index (χ4v) is 1.26. The van der Waals surface area contributed by atoms with E-state index < -0.39 is 0 Å². The van der Waals surface area contributed by atoms with Gasteiger partial charge in [0.05, 0.1) is 10.5 Å². The zero-order valence-corrected chi connectivity index (χ0v) is 8.70. The maximum absolute atomic E-state index is 10.6. The number of nitro groups is 1. The summed E-state index contributed by atoms with van der Waals surface area (Å²) in [6.45, 7) is 1.90. The third-order valence-corrected chi connectivity index (χ3v) is 1.99. The molecule has 1 rings (SSSR count). The minimum absolute atomic E-state index is 0.133. The van der Waals surface area contributed by atoms with Crippen molar-refractivity contribution in [3.8, 4) is 0 Å². The Bertz CT molecular complexity index is 374. The van der Waals surface area contributed by atoms with Crippen molar-refractivity contribution in [3.63, 3.8) is 0 Å². The fourth-order valence-electron chi connectivity index (χ4n) is 1.15. The van der Waals surface area contributed by atoms with Crippen molar-refractivity contribution < 1.29 is 4.92 Å². The molecule has 3 nitrogen and oxygen atoms in total. The standard InChI is InChI=1S/C10H11NO2S/c1-8-4-5-10(11(12)13)9(7-8)3-2-6-14/h2-5,7,14H,6H2,1H3. The van der Waals surface area contributed by atoms with E-state index in [1.807, 2.05) is 6.92 Å². The minimum atomic E-state index is -0.377. The molecule has 0 N–H and O–H groups in total. The third kappa shape index (κ3) is 2.60. The Hall–Kier alpha value is -1.29. The normalized spacial score (nSPS) is 10.7. The van der Waals surface area contributed by atoms with Gasteiger partial charge in [-0.3, -0.25) is 10.1 Å². The van der Waals surface area contributed by atoms with E-state index >= 15 is 0 Å². The first kappa shape index (κ1) is 10.8. The van der Waals surface area contributed by atoms with E-state index in [0.717, 1.165) is 5.56 Å². The van der Waals surface area contributed by atoms with Gasteiger partial charge < -0.3 is 0 Å². The number of hydrogen-bond donors (Lipinski definition) is 1. The Balaban J connectivity index is 3.15. The van der Waals surface area contributed by atoms with Crippen LogP contribution in [0.15, 0.2) is 24.3 Å². The molecule has 0 heterocycles. The van der Waals surface area contributed by atoms with Gasteiger partial charge in [-0.2, -0.15) is 12.6 Å². The van der Waals surface area contributed by atoms with Crippen LogP contribution in [0, 0.1) is 17.0 Å². The number of hydrogen-bond acceptors (Lipinski definition) is 3. The van der Waals surface area contributed by atoms with Crippen molar-refractivity contribution in [2.45, 2.75) is 6.92 Å². The van der Waals surface area contributed by atoms with Crippen LogP contribution in [0.25, 0.3) is 6.08 Å². The summed E-state index contributed by atoms with van der Waals surface area (Å²) in [5.41, 5.74) is 1.77. The molecule has 0 aliphatic carbocycles. The Kier molecular flexibility index (Phi) is 3.71. The zero-order valence-electron chi connectivity index (χ0n) is 7.80. The molecule has 14 heavy (non-hydrogen) atoms. The van der Waals surface area contributed by atoms with Crippen LogP contribution in [0.4, 0.5) is 5.69 Å². The molecule has 0 spiro atoms. The molecule has 1 aromatic rings. The lowest BCUT2D eigenvalue weighted by Gasteiger charge is -1.98. The highest BCUT2D eigenvalue weighted by molar-refractivity contribution is 7.80. The lowest BCUT2D eigenvalue weighted by Crippen LogP contribution is -1.91. The van der Waals surface area contributed by atoms with Crippen LogP contribution in [0.5, 0.6) is 0 Å². The van der Waals surface area contributed by atoms with E-state index in [2.05, 4.69) is 12.6 Å². The predicted molar refractivity (Wildman–Crippen MR) is 60.7 cm³/mol. The molecule has 0 saturated heterocycles. The Labute approximate surface area is 88.0 Å². The minimum Gasteiger partial charge on any atom is -0.258 e. The summed E-state index contributed by atoms with van der Waals surface area (Å²) in [6, 6.07) is 5.04. The summed E-state index contributed by atoms with van der Waals surface area (Å²) < 4.78 is 0. The summed E-state index contributed by atoms with van der Waals surface area (Å²) in [5, 5.41) is 10.6. The average Bonchev–Trinajstić information content (AvgIpc) is 2.14. The summed E-state index contributed by atoms with van der Waals surface area (Å²) in [7, 11) is 0. The summed E-state index contributed by atoms with van der Waals surface area (Å²) in [5.74, 6) is 0.575. The molecular formula is C10H11NO2S. The maximum atomic E-state index is 10.6.